The quantitative estimate of drug-likeness (QED) is 0.727. The van der Waals surface area contributed by atoms with Crippen molar-refractivity contribution >= 4 is 23.0 Å². The molecule has 2 aromatic rings. The van der Waals surface area contributed by atoms with Gasteiger partial charge in [-0.3, -0.25) is 9.69 Å². The van der Waals surface area contributed by atoms with Crippen LogP contribution in [0.4, 0.5) is 4.79 Å². The highest BCUT2D eigenvalue weighted by Crippen LogP contribution is 2.28. The minimum atomic E-state index is -0.812. The molecule has 28 heavy (non-hydrogen) atoms. The minimum Gasteiger partial charge on any atom is -0.480 e. The van der Waals surface area contributed by atoms with Crippen LogP contribution in [0.15, 0.2) is 28.7 Å². The van der Waals surface area contributed by atoms with E-state index in [-0.39, 0.29) is 24.7 Å². The van der Waals surface area contributed by atoms with Crippen molar-refractivity contribution in [3.05, 3.63) is 35.6 Å². The van der Waals surface area contributed by atoms with Crippen LogP contribution in [-0.2, 0) is 17.8 Å². The first-order chi connectivity index (χ1) is 13.4. The van der Waals surface area contributed by atoms with Crippen LogP contribution in [0.5, 0.6) is 0 Å². The third-order valence-corrected chi connectivity index (χ3v) is 5.55. The second-order valence-corrected chi connectivity index (χ2v) is 7.44. The maximum Gasteiger partial charge on any atom is 0.317 e. The predicted molar refractivity (Wildman–Crippen MR) is 107 cm³/mol. The number of nitrogens with zero attached hydrogens (tertiary/aromatic N) is 2. The highest BCUT2D eigenvalue weighted by atomic mass is 16.4. The van der Waals surface area contributed by atoms with Gasteiger partial charge in [-0.1, -0.05) is 32.0 Å². The van der Waals surface area contributed by atoms with E-state index in [0.29, 0.717) is 13.1 Å². The van der Waals surface area contributed by atoms with Gasteiger partial charge in [0, 0.05) is 36.5 Å². The average Bonchev–Trinajstić information content (AvgIpc) is 3.00. The first-order valence-electron chi connectivity index (χ1n) is 9.89. The molecule has 152 valence electrons. The summed E-state index contributed by atoms with van der Waals surface area (Å²) in [6.07, 6.45) is 2.35. The van der Waals surface area contributed by atoms with Crippen LogP contribution in [0.1, 0.15) is 38.0 Å². The lowest BCUT2D eigenvalue weighted by molar-refractivity contribution is -0.139. The Morgan fingerprint density at radius 3 is 2.61 bits per heavy atom. The van der Waals surface area contributed by atoms with Crippen LogP contribution in [-0.4, -0.2) is 59.1 Å². The number of aryl methyl sites for hydroxylation is 1. The van der Waals surface area contributed by atoms with Crippen LogP contribution in [0, 0.1) is 0 Å². The van der Waals surface area contributed by atoms with Crippen molar-refractivity contribution in [3.63, 3.8) is 0 Å². The monoisotopic (exact) mass is 387 g/mol. The summed E-state index contributed by atoms with van der Waals surface area (Å²) in [6.45, 7) is 5.25. The summed E-state index contributed by atoms with van der Waals surface area (Å²) in [5.74, 6) is 0.102. The van der Waals surface area contributed by atoms with Gasteiger partial charge < -0.3 is 19.7 Å². The Hall–Kier alpha value is -2.54. The molecule has 0 atom stereocenters. The molecule has 3 rings (SSSR count). The molecule has 1 fully saturated rings. The topological polar surface area (TPSA) is 86.0 Å². The molecule has 2 N–H and O–H groups in total. The number of rotatable bonds is 8. The van der Waals surface area contributed by atoms with E-state index < -0.39 is 5.97 Å². The molecule has 0 radical (unpaired) electrons. The van der Waals surface area contributed by atoms with E-state index in [1.807, 2.05) is 43.0 Å². The van der Waals surface area contributed by atoms with E-state index in [4.69, 9.17) is 9.52 Å². The largest absolute Gasteiger partial charge is 0.480 e. The number of aliphatic carboxylic acids is 1. The highest BCUT2D eigenvalue weighted by molar-refractivity contribution is 5.83. The Morgan fingerprint density at radius 1 is 1.25 bits per heavy atom. The zero-order valence-electron chi connectivity index (χ0n) is 16.8. The number of para-hydroxylation sites is 1. The Bertz CT molecular complexity index is 841. The van der Waals surface area contributed by atoms with Gasteiger partial charge in [0.1, 0.15) is 11.3 Å². The molecule has 0 saturated heterocycles. The SMILES string of the molecule is CCc1oc2ccccc2c1CN(C)C(=O)NC1CC(N(CC)CC(=O)O)C1. The van der Waals surface area contributed by atoms with Crippen LogP contribution < -0.4 is 5.32 Å². The summed E-state index contributed by atoms with van der Waals surface area (Å²) >= 11 is 0. The smallest absolute Gasteiger partial charge is 0.317 e. The number of urea groups is 1. The molecule has 7 heteroatoms. The van der Waals surface area contributed by atoms with Crippen LogP contribution in [0.25, 0.3) is 11.0 Å². The fourth-order valence-corrected chi connectivity index (χ4v) is 3.88. The third kappa shape index (κ3) is 4.30. The molecule has 2 amide bonds. The second-order valence-electron chi connectivity index (χ2n) is 7.44. The van der Waals surface area contributed by atoms with E-state index >= 15 is 0 Å². The molecule has 0 spiro atoms. The molecule has 0 unspecified atom stereocenters. The number of hydrogen-bond acceptors (Lipinski definition) is 4. The van der Waals surface area contributed by atoms with Gasteiger partial charge in [-0.2, -0.15) is 0 Å². The van der Waals surface area contributed by atoms with Crippen molar-refractivity contribution in [2.24, 2.45) is 0 Å². The second kappa shape index (κ2) is 8.65. The van der Waals surface area contributed by atoms with E-state index in [2.05, 4.69) is 5.32 Å². The number of carboxylic acids is 1. The van der Waals surface area contributed by atoms with E-state index in [1.54, 1.807) is 11.9 Å². The third-order valence-electron chi connectivity index (χ3n) is 5.55. The number of carbonyl (C=O) groups excluding carboxylic acids is 1. The molecule has 1 aliphatic rings. The molecule has 1 aromatic carbocycles. The van der Waals surface area contributed by atoms with Crippen molar-refractivity contribution in [1.29, 1.82) is 0 Å². The zero-order chi connectivity index (χ0) is 20.3. The number of carbonyl (C=O) groups is 2. The summed E-state index contributed by atoms with van der Waals surface area (Å²) in [5.41, 5.74) is 1.91. The van der Waals surface area contributed by atoms with Gasteiger partial charge in [0.15, 0.2) is 0 Å². The molecule has 0 bridgehead atoms. The standard InChI is InChI=1S/C21H29N3O4/c1-4-18-17(16-8-6-7-9-19(16)28-18)12-23(3)21(27)22-14-10-15(11-14)24(5-2)13-20(25)26/h6-9,14-15H,4-5,10-13H2,1-3H3,(H,22,27)(H,25,26). The van der Waals surface area contributed by atoms with Crippen LogP contribution >= 0.6 is 0 Å². The summed E-state index contributed by atoms with van der Waals surface area (Å²) in [5, 5.41) is 13.1. The zero-order valence-corrected chi connectivity index (χ0v) is 16.8. The molecule has 1 aliphatic carbocycles. The number of nitrogens with one attached hydrogen (secondary N) is 1. The lowest BCUT2D eigenvalue weighted by Gasteiger charge is -2.42. The summed E-state index contributed by atoms with van der Waals surface area (Å²) in [4.78, 5) is 27.2. The maximum atomic E-state index is 12.6. The van der Waals surface area contributed by atoms with Gasteiger partial charge in [0.2, 0.25) is 0 Å². The lowest BCUT2D eigenvalue weighted by atomic mass is 9.85. The van der Waals surface area contributed by atoms with Gasteiger partial charge in [-0.25, -0.2) is 4.79 Å². The van der Waals surface area contributed by atoms with Crippen LogP contribution in [0.2, 0.25) is 0 Å². The number of likely N-dealkylation sites (N-methyl/N-ethyl adjacent to an activating group) is 1. The minimum absolute atomic E-state index is 0.0507. The molecule has 1 saturated carbocycles. The Morgan fingerprint density at radius 2 is 1.96 bits per heavy atom. The Kier molecular flexibility index (Phi) is 6.24. The first-order valence-corrected chi connectivity index (χ1v) is 9.89. The molecule has 7 nitrogen and oxygen atoms in total. The number of fused-ring (bicyclic) bond motifs is 1. The van der Waals surface area contributed by atoms with Crippen molar-refractivity contribution in [3.8, 4) is 0 Å². The van der Waals surface area contributed by atoms with Gasteiger partial charge in [-0.05, 0) is 25.5 Å². The first kappa shape index (κ1) is 20.2. The summed E-state index contributed by atoms with van der Waals surface area (Å²) in [7, 11) is 1.79. The van der Waals surface area contributed by atoms with Crippen molar-refractivity contribution in [1.82, 2.24) is 15.1 Å². The van der Waals surface area contributed by atoms with E-state index in [0.717, 1.165) is 41.6 Å². The van der Waals surface area contributed by atoms with Crippen molar-refractivity contribution in [2.75, 3.05) is 20.1 Å². The van der Waals surface area contributed by atoms with E-state index in [9.17, 15) is 9.59 Å². The van der Waals surface area contributed by atoms with Gasteiger partial charge in [-0.15, -0.1) is 0 Å². The van der Waals surface area contributed by atoms with Crippen molar-refractivity contribution in [2.45, 2.75) is 51.7 Å². The number of amides is 2. The molecule has 1 heterocycles. The normalized spacial score (nSPS) is 18.9. The number of carboxylic acid groups (broad SMARTS) is 1. The predicted octanol–water partition coefficient (Wildman–Crippen LogP) is 3.07. The lowest BCUT2D eigenvalue weighted by Crippen LogP contribution is -2.56. The summed E-state index contributed by atoms with van der Waals surface area (Å²) < 4.78 is 5.91. The average molecular weight is 387 g/mol. The Balaban J connectivity index is 1.56. The fourth-order valence-electron chi connectivity index (χ4n) is 3.88. The maximum absolute atomic E-state index is 12.6. The number of furan rings is 1. The molecular weight excluding hydrogens is 358 g/mol. The molecule has 0 aliphatic heterocycles. The summed E-state index contributed by atoms with van der Waals surface area (Å²) in [6, 6.07) is 8.10. The van der Waals surface area contributed by atoms with Gasteiger partial charge >= 0.3 is 12.0 Å². The molecule has 1 aromatic heterocycles. The fraction of sp³-hybridized carbons (Fsp3) is 0.524. The Labute approximate surface area is 165 Å². The van der Waals surface area contributed by atoms with E-state index in [1.165, 1.54) is 0 Å². The number of hydrogen-bond donors (Lipinski definition) is 2. The highest BCUT2D eigenvalue weighted by Gasteiger charge is 2.35. The van der Waals surface area contributed by atoms with Crippen LogP contribution in [0.3, 0.4) is 0 Å². The van der Waals surface area contributed by atoms with Gasteiger partial charge in [0.05, 0.1) is 13.1 Å². The molecular formula is C21H29N3O4. The van der Waals surface area contributed by atoms with Crippen molar-refractivity contribution < 1.29 is 19.1 Å². The van der Waals surface area contributed by atoms with Gasteiger partial charge in [0.25, 0.3) is 0 Å². The number of benzene rings is 1.